The first-order valence-corrected chi connectivity index (χ1v) is 7.20. The summed E-state index contributed by atoms with van der Waals surface area (Å²) in [4.78, 5) is 11.9. The summed E-state index contributed by atoms with van der Waals surface area (Å²) in [6, 6.07) is 7.15. The van der Waals surface area contributed by atoms with E-state index in [0.717, 1.165) is 17.0 Å². The molecule has 2 unspecified atom stereocenters. The summed E-state index contributed by atoms with van der Waals surface area (Å²) < 4.78 is 4.94. The Morgan fingerprint density at radius 2 is 2.15 bits per heavy atom. The molecule has 3 N–H and O–H groups in total. The van der Waals surface area contributed by atoms with Crippen LogP contribution in [0.2, 0.25) is 5.02 Å². The number of benzene rings is 1. The lowest BCUT2D eigenvalue weighted by atomic mass is 10.1. The van der Waals surface area contributed by atoms with Crippen molar-refractivity contribution in [1.29, 1.82) is 0 Å². The van der Waals surface area contributed by atoms with Crippen molar-refractivity contribution in [2.24, 2.45) is 5.73 Å². The summed E-state index contributed by atoms with van der Waals surface area (Å²) in [5.74, 6) is -0.124. The summed E-state index contributed by atoms with van der Waals surface area (Å²) >= 11 is 6.10. The maximum Gasteiger partial charge on any atom is 0.237 e. The molecule has 0 aliphatic rings. The van der Waals surface area contributed by atoms with Crippen LogP contribution in [-0.2, 0) is 16.0 Å². The molecule has 0 saturated heterocycles. The highest BCUT2D eigenvalue weighted by molar-refractivity contribution is 6.31. The largest absolute Gasteiger partial charge is 0.385 e. The number of methoxy groups -OCH3 is 1. The molecule has 0 fully saturated rings. The molecule has 5 heteroatoms. The van der Waals surface area contributed by atoms with E-state index in [1.54, 1.807) is 7.11 Å². The van der Waals surface area contributed by atoms with Crippen LogP contribution in [0.5, 0.6) is 0 Å². The van der Waals surface area contributed by atoms with Gasteiger partial charge in [-0.05, 0) is 37.8 Å². The van der Waals surface area contributed by atoms with Gasteiger partial charge in [0.2, 0.25) is 5.91 Å². The predicted molar refractivity (Wildman–Crippen MR) is 81.8 cm³/mol. The van der Waals surface area contributed by atoms with Gasteiger partial charge >= 0.3 is 0 Å². The fraction of sp³-hybridized carbons (Fsp3) is 0.533. The number of rotatable bonds is 8. The SMILES string of the molecule is COCCCC(N)C(=O)NC(C)Cc1ccccc1Cl. The van der Waals surface area contributed by atoms with Crippen molar-refractivity contribution in [3.63, 3.8) is 0 Å². The zero-order valence-corrected chi connectivity index (χ0v) is 12.8. The third-order valence-corrected chi connectivity index (χ3v) is 3.44. The van der Waals surface area contributed by atoms with Crippen LogP contribution >= 0.6 is 11.6 Å². The van der Waals surface area contributed by atoms with E-state index >= 15 is 0 Å². The number of carbonyl (C=O) groups excluding carboxylic acids is 1. The van der Waals surface area contributed by atoms with Gasteiger partial charge in [-0.25, -0.2) is 0 Å². The quantitative estimate of drug-likeness (QED) is 0.723. The second-order valence-corrected chi connectivity index (χ2v) is 5.35. The Balaban J connectivity index is 2.39. The summed E-state index contributed by atoms with van der Waals surface area (Å²) in [6.45, 7) is 2.57. The lowest BCUT2D eigenvalue weighted by Crippen LogP contribution is -2.45. The zero-order chi connectivity index (χ0) is 15.0. The fourth-order valence-corrected chi connectivity index (χ4v) is 2.19. The molecule has 1 aromatic rings. The van der Waals surface area contributed by atoms with Gasteiger partial charge in [0.05, 0.1) is 6.04 Å². The molecule has 2 atom stereocenters. The lowest BCUT2D eigenvalue weighted by Gasteiger charge is -2.18. The molecular weight excluding hydrogens is 276 g/mol. The van der Waals surface area contributed by atoms with Gasteiger partial charge in [0.25, 0.3) is 0 Å². The third kappa shape index (κ3) is 5.90. The third-order valence-electron chi connectivity index (χ3n) is 3.07. The fourth-order valence-electron chi connectivity index (χ4n) is 1.97. The second kappa shape index (κ2) is 8.95. The zero-order valence-electron chi connectivity index (χ0n) is 12.1. The minimum absolute atomic E-state index is 0.00382. The van der Waals surface area contributed by atoms with Crippen molar-refractivity contribution in [3.8, 4) is 0 Å². The smallest absolute Gasteiger partial charge is 0.237 e. The van der Waals surface area contributed by atoms with E-state index in [9.17, 15) is 4.79 Å². The molecule has 4 nitrogen and oxygen atoms in total. The number of nitrogens with two attached hydrogens (primary N) is 1. The average Bonchev–Trinajstić information content (AvgIpc) is 2.41. The van der Waals surface area contributed by atoms with Crippen LogP contribution in [0.25, 0.3) is 0 Å². The van der Waals surface area contributed by atoms with Gasteiger partial charge in [0.1, 0.15) is 0 Å². The van der Waals surface area contributed by atoms with Crippen LogP contribution in [0.4, 0.5) is 0 Å². The van der Waals surface area contributed by atoms with Crippen molar-refractivity contribution in [1.82, 2.24) is 5.32 Å². The molecule has 0 aliphatic carbocycles. The molecule has 0 aliphatic heterocycles. The Labute approximate surface area is 125 Å². The lowest BCUT2D eigenvalue weighted by molar-refractivity contribution is -0.123. The predicted octanol–water partition coefficient (Wildman–Crippen LogP) is 2.14. The molecule has 112 valence electrons. The molecule has 0 heterocycles. The van der Waals surface area contributed by atoms with E-state index in [0.29, 0.717) is 19.4 Å². The van der Waals surface area contributed by atoms with Gasteiger partial charge in [0.15, 0.2) is 0 Å². The van der Waals surface area contributed by atoms with Gasteiger partial charge < -0.3 is 15.8 Å². The molecule has 0 bridgehead atoms. The highest BCUT2D eigenvalue weighted by Gasteiger charge is 2.16. The minimum Gasteiger partial charge on any atom is -0.385 e. The van der Waals surface area contributed by atoms with Crippen LogP contribution in [0, 0.1) is 0 Å². The summed E-state index contributed by atoms with van der Waals surface area (Å²) in [5, 5.41) is 3.64. The van der Waals surface area contributed by atoms with Crippen LogP contribution < -0.4 is 11.1 Å². The first kappa shape index (κ1) is 17.0. The van der Waals surface area contributed by atoms with Crippen molar-refractivity contribution >= 4 is 17.5 Å². The molecule has 1 amide bonds. The van der Waals surface area contributed by atoms with Crippen molar-refractivity contribution in [2.75, 3.05) is 13.7 Å². The maximum atomic E-state index is 11.9. The van der Waals surface area contributed by atoms with Gasteiger partial charge in [-0.1, -0.05) is 29.8 Å². The van der Waals surface area contributed by atoms with Crippen LogP contribution in [0.1, 0.15) is 25.3 Å². The number of hydrogen-bond acceptors (Lipinski definition) is 3. The van der Waals surface area contributed by atoms with Crippen LogP contribution in [0.15, 0.2) is 24.3 Å². The highest BCUT2D eigenvalue weighted by atomic mass is 35.5. The number of hydrogen-bond donors (Lipinski definition) is 2. The van der Waals surface area contributed by atoms with E-state index in [1.807, 2.05) is 31.2 Å². The standard InChI is InChI=1S/C15H23ClN2O2/c1-11(10-12-6-3-4-7-13(12)16)18-15(19)14(17)8-5-9-20-2/h3-4,6-7,11,14H,5,8-10,17H2,1-2H3,(H,18,19). The summed E-state index contributed by atoms with van der Waals surface area (Å²) in [7, 11) is 1.64. The van der Waals surface area contributed by atoms with E-state index in [4.69, 9.17) is 22.1 Å². The van der Waals surface area contributed by atoms with Gasteiger partial charge in [-0.2, -0.15) is 0 Å². The number of halogens is 1. The average molecular weight is 299 g/mol. The van der Waals surface area contributed by atoms with Crippen molar-refractivity contribution in [3.05, 3.63) is 34.9 Å². The normalized spacial score (nSPS) is 13.8. The minimum atomic E-state index is -0.487. The first-order chi connectivity index (χ1) is 9.54. The molecule has 0 radical (unpaired) electrons. The Morgan fingerprint density at radius 3 is 2.80 bits per heavy atom. The molecule has 0 spiro atoms. The number of ether oxygens (including phenoxy) is 1. The van der Waals surface area contributed by atoms with Gasteiger partial charge in [-0.3, -0.25) is 4.79 Å². The Hall–Kier alpha value is -1.10. The van der Waals surface area contributed by atoms with Crippen molar-refractivity contribution < 1.29 is 9.53 Å². The van der Waals surface area contributed by atoms with Crippen LogP contribution in [-0.4, -0.2) is 31.7 Å². The summed E-state index contributed by atoms with van der Waals surface area (Å²) in [6.07, 6.45) is 2.10. The summed E-state index contributed by atoms with van der Waals surface area (Å²) in [5.41, 5.74) is 6.86. The molecular formula is C15H23ClN2O2. The Kier molecular flexibility index (Phi) is 7.59. The molecule has 1 rings (SSSR count). The first-order valence-electron chi connectivity index (χ1n) is 6.83. The molecule has 20 heavy (non-hydrogen) atoms. The number of nitrogens with one attached hydrogen (secondary N) is 1. The van der Waals surface area contributed by atoms with Crippen molar-refractivity contribution in [2.45, 2.75) is 38.3 Å². The topological polar surface area (TPSA) is 64.3 Å². The van der Waals surface area contributed by atoms with E-state index in [1.165, 1.54) is 0 Å². The van der Waals surface area contributed by atoms with E-state index in [-0.39, 0.29) is 11.9 Å². The second-order valence-electron chi connectivity index (χ2n) is 4.95. The number of amides is 1. The maximum absolute atomic E-state index is 11.9. The molecule has 0 aromatic heterocycles. The van der Waals surface area contributed by atoms with E-state index < -0.39 is 6.04 Å². The van der Waals surface area contributed by atoms with Gasteiger partial charge in [-0.15, -0.1) is 0 Å². The molecule has 1 aromatic carbocycles. The Bertz CT molecular complexity index is 426. The van der Waals surface area contributed by atoms with Crippen LogP contribution in [0.3, 0.4) is 0 Å². The van der Waals surface area contributed by atoms with Gasteiger partial charge in [0, 0.05) is 24.8 Å². The highest BCUT2D eigenvalue weighted by Crippen LogP contribution is 2.16. The number of carbonyl (C=O) groups is 1. The van der Waals surface area contributed by atoms with E-state index in [2.05, 4.69) is 5.32 Å². The molecule has 0 saturated carbocycles. The Morgan fingerprint density at radius 1 is 1.45 bits per heavy atom. The monoisotopic (exact) mass is 298 g/mol.